The monoisotopic (exact) mass is 250 g/mol. The zero-order chi connectivity index (χ0) is 13.0. The maximum absolute atomic E-state index is 12.0. The molecular weight excluding hydrogens is 232 g/mol. The molecule has 0 aromatic heterocycles. The highest BCUT2D eigenvalue weighted by Crippen LogP contribution is 2.18. The van der Waals surface area contributed by atoms with E-state index in [1.54, 1.807) is 0 Å². The Balaban J connectivity index is 2.87. The summed E-state index contributed by atoms with van der Waals surface area (Å²) in [5, 5.41) is 2.88. The van der Waals surface area contributed by atoms with E-state index in [4.69, 9.17) is 18.0 Å². The second-order valence-electron chi connectivity index (χ2n) is 4.17. The first kappa shape index (κ1) is 13.6. The van der Waals surface area contributed by atoms with Crippen LogP contribution >= 0.6 is 12.2 Å². The molecule has 0 heterocycles. The number of thiocarbonyl (C=S) groups is 1. The first-order chi connectivity index (χ1) is 7.95. The maximum atomic E-state index is 12.0. The summed E-state index contributed by atoms with van der Waals surface area (Å²) < 4.78 is 0. The van der Waals surface area contributed by atoms with Gasteiger partial charge in [-0.2, -0.15) is 0 Å². The molecule has 0 saturated carbocycles. The van der Waals surface area contributed by atoms with Crippen molar-refractivity contribution in [2.45, 2.75) is 27.2 Å². The summed E-state index contributed by atoms with van der Waals surface area (Å²) in [7, 11) is 0. The van der Waals surface area contributed by atoms with Crippen LogP contribution in [0.4, 0.5) is 5.69 Å². The Morgan fingerprint density at radius 3 is 2.65 bits per heavy atom. The molecule has 0 radical (unpaired) electrons. The molecule has 1 rings (SSSR count). The first-order valence-electron chi connectivity index (χ1n) is 5.63. The molecule has 1 amide bonds. The minimum Gasteiger partial charge on any atom is -0.393 e. The lowest BCUT2D eigenvalue weighted by Gasteiger charge is -2.15. The van der Waals surface area contributed by atoms with Gasteiger partial charge in [-0.25, -0.2) is 0 Å². The Kier molecular flexibility index (Phi) is 4.63. The second-order valence-corrected chi connectivity index (χ2v) is 4.64. The Hall–Kier alpha value is -1.42. The Labute approximate surface area is 107 Å². The van der Waals surface area contributed by atoms with Gasteiger partial charge in [-0.05, 0) is 37.5 Å². The van der Waals surface area contributed by atoms with E-state index >= 15 is 0 Å². The fourth-order valence-corrected chi connectivity index (χ4v) is 1.88. The molecule has 1 atom stereocenters. The van der Waals surface area contributed by atoms with E-state index in [2.05, 4.69) is 5.32 Å². The van der Waals surface area contributed by atoms with Gasteiger partial charge in [-0.1, -0.05) is 31.3 Å². The van der Waals surface area contributed by atoms with Crippen LogP contribution in [0.15, 0.2) is 18.2 Å². The van der Waals surface area contributed by atoms with Crippen LogP contribution in [0.5, 0.6) is 0 Å². The number of amides is 1. The molecule has 1 aromatic rings. The summed E-state index contributed by atoms with van der Waals surface area (Å²) >= 11 is 4.88. The maximum Gasteiger partial charge on any atom is 0.234 e. The SMILES string of the molecule is CCC(C(=O)Nc1cc(C)ccc1C)C(N)=S. The summed E-state index contributed by atoms with van der Waals surface area (Å²) in [6.07, 6.45) is 0.617. The lowest BCUT2D eigenvalue weighted by molar-refractivity contribution is -0.118. The largest absolute Gasteiger partial charge is 0.393 e. The molecule has 0 bridgehead atoms. The molecule has 0 aliphatic rings. The molecule has 17 heavy (non-hydrogen) atoms. The molecule has 3 nitrogen and oxygen atoms in total. The van der Waals surface area contributed by atoms with E-state index in [-0.39, 0.29) is 10.9 Å². The average Bonchev–Trinajstić information content (AvgIpc) is 2.24. The van der Waals surface area contributed by atoms with Gasteiger partial charge in [-0.15, -0.1) is 0 Å². The number of carbonyl (C=O) groups is 1. The van der Waals surface area contributed by atoms with Crippen molar-refractivity contribution in [2.75, 3.05) is 5.32 Å². The van der Waals surface area contributed by atoms with Gasteiger partial charge in [0.25, 0.3) is 0 Å². The standard InChI is InChI=1S/C13H18N2OS/c1-4-10(12(14)17)13(16)15-11-7-8(2)5-6-9(11)3/h5-7,10H,4H2,1-3H3,(H2,14,17)(H,15,16). The molecule has 0 aliphatic carbocycles. The van der Waals surface area contributed by atoms with Gasteiger partial charge in [0.05, 0.1) is 10.9 Å². The average molecular weight is 250 g/mol. The highest BCUT2D eigenvalue weighted by Gasteiger charge is 2.19. The minimum atomic E-state index is -0.398. The predicted octanol–water partition coefficient (Wildman–Crippen LogP) is 2.55. The van der Waals surface area contributed by atoms with Crippen LogP contribution in [0.3, 0.4) is 0 Å². The number of nitrogens with two attached hydrogens (primary N) is 1. The van der Waals surface area contributed by atoms with Crippen molar-refractivity contribution in [3.05, 3.63) is 29.3 Å². The summed E-state index contributed by atoms with van der Waals surface area (Å²) in [5.74, 6) is -0.529. The van der Waals surface area contributed by atoms with Crippen molar-refractivity contribution >= 4 is 28.8 Å². The van der Waals surface area contributed by atoms with Crippen LogP contribution in [-0.4, -0.2) is 10.9 Å². The normalized spacial score (nSPS) is 11.9. The van der Waals surface area contributed by atoms with Crippen molar-refractivity contribution in [1.82, 2.24) is 0 Å². The number of aryl methyl sites for hydroxylation is 2. The zero-order valence-corrected chi connectivity index (χ0v) is 11.2. The number of carbonyl (C=O) groups excluding carboxylic acids is 1. The van der Waals surface area contributed by atoms with Crippen molar-refractivity contribution in [1.29, 1.82) is 0 Å². The predicted molar refractivity (Wildman–Crippen MR) is 75.1 cm³/mol. The number of anilines is 1. The summed E-state index contributed by atoms with van der Waals surface area (Å²) in [6.45, 7) is 5.84. The van der Waals surface area contributed by atoms with E-state index in [9.17, 15) is 4.79 Å². The van der Waals surface area contributed by atoms with E-state index in [1.807, 2.05) is 39.0 Å². The van der Waals surface area contributed by atoms with Crippen molar-refractivity contribution in [3.63, 3.8) is 0 Å². The fourth-order valence-electron chi connectivity index (χ4n) is 1.61. The van der Waals surface area contributed by atoms with Crippen LogP contribution in [0, 0.1) is 19.8 Å². The summed E-state index contributed by atoms with van der Waals surface area (Å²) in [6, 6.07) is 5.93. The third-order valence-corrected chi connectivity index (χ3v) is 3.00. The molecule has 4 heteroatoms. The van der Waals surface area contributed by atoms with Gasteiger partial charge in [0.1, 0.15) is 0 Å². The molecule has 0 fully saturated rings. The summed E-state index contributed by atoms with van der Waals surface area (Å²) in [4.78, 5) is 12.2. The third-order valence-electron chi connectivity index (χ3n) is 2.72. The molecule has 0 aliphatic heterocycles. The van der Waals surface area contributed by atoms with Gasteiger partial charge in [-0.3, -0.25) is 4.79 Å². The van der Waals surface area contributed by atoms with E-state index in [1.165, 1.54) is 0 Å². The van der Waals surface area contributed by atoms with Crippen LogP contribution in [0.25, 0.3) is 0 Å². The number of hydrogen-bond donors (Lipinski definition) is 2. The van der Waals surface area contributed by atoms with Crippen molar-refractivity contribution in [3.8, 4) is 0 Å². The topological polar surface area (TPSA) is 55.1 Å². The zero-order valence-electron chi connectivity index (χ0n) is 10.4. The fraction of sp³-hybridized carbons (Fsp3) is 0.385. The molecule has 0 saturated heterocycles. The second kappa shape index (κ2) is 5.77. The van der Waals surface area contributed by atoms with E-state index in [0.29, 0.717) is 6.42 Å². The number of benzene rings is 1. The molecule has 0 spiro atoms. The first-order valence-corrected chi connectivity index (χ1v) is 6.04. The van der Waals surface area contributed by atoms with Gasteiger partial charge in [0, 0.05) is 5.69 Å². The molecule has 1 unspecified atom stereocenters. The van der Waals surface area contributed by atoms with Gasteiger partial charge < -0.3 is 11.1 Å². The lowest BCUT2D eigenvalue weighted by atomic mass is 10.0. The van der Waals surface area contributed by atoms with E-state index < -0.39 is 5.92 Å². The minimum absolute atomic E-state index is 0.131. The smallest absolute Gasteiger partial charge is 0.234 e. The number of rotatable bonds is 4. The molecule has 3 N–H and O–H groups in total. The van der Waals surface area contributed by atoms with Crippen molar-refractivity contribution < 1.29 is 4.79 Å². The Bertz CT molecular complexity index is 443. The lowest BCUT2D eigenvalue weighted by Crippen LogP contribution is -2.32. The number of hydrogen-bond acceptors (Lipinski definition) is 2. The van der Waals surface area contributed by atoms with Crippen LogP contribution in [-0.2, 0) is 4.79 Å². The highest BCUT2D eigenvalue weighted by atomic mass is 32.1. The molecular formula is C13H18N2OS. The van der Waals surface area contributed by atoms with Crippen LogP contribution < -0.4 is 11.1 Å². The van der Waals surface area contributed by atoms with Gasteiger partial charge >= 0.3 is 0 Å². The van der Waals surface area contributed by atoms with Crippen LogP contribution in [0.1, 0.15) is 24.5 Å². The third kappa shape index (κ3) is 3.53. The van der Waals surface area contributed by atoms with Gasteiger partial charge in [0.2, 0.25) is 5.91 Å². The number of nitrogens with one attached hydrogen (secondary N) is 1. The Morgan fingerprint density at radius 2 is 2.12 bits per heavy atom. The van der Waals surface area contributed by atoms with Crippen LogP contribution in [0.2, 0.25) is 0 Å². The quantitative estimate of drug-likeness (QED) is 0.807. The highest BCUT2D eigenvalue weighted by molar-refractivity contribution is 7.80. The van der Waals surface area contributed by atoms with Gasteiger partial charge in [0.15, 0.2) is 0 Å². The van der Waals surface area contributed by atoms with E-state index in [0.717, 1.165) is 16.8 Å². The summed E-state index contributed by atoms with van der Waals surface area (Å²) in [5.41, 5.74) is 8.50. The Morgan fingerprint density at radius 1 is 1.47 bits per heavy atom. The molecule has 92 valence electrons. The molecule has 1 aromatic carbocycles. The van der Waals surface area contributed by atoms with Crippen molar-refractivity contribution in [2.24, 2.45) is 11.7 Å².